The van der Waals surface area contributed by atoms with Crippen molar-refractivity contribution in [3.63, 3.8) is 0 Å². The van der Waals surface area contributed by atoms with Crippen molar-refractivity contribution in [3.8, 4) is 5.75 Å². The fourth-order valence-corrected chi connectivity index (χ4v) is 1.97. The molecule has 0 unspecified atom stereocenters. The maximum atomic E-state index is 11.1. The van der Waals surface area contributed by atoms with Gasteiger partial charge in [0.05, 0.1) is 29.7 Å². The van der Waals surface area contributed by atoms with E-state index in [1.807, 2.05) is 6.92 Å². The molecule has 6 nitrogen and oxygen atoms in total. The lowest BCUT2D eigenvalue weighted by Gasteiger charge is -2.12. The van der Waals surface area contributed by atoms with Gasteiger partial charge in [0, 0.05) is 6.07 Å². The SMILES string of the molecule is COc1cc(Nc2cc(C)c(N)cn2)c(Cl)cc1C(=O)O. The fraction of sp³-hybridized carbons (Fsp3) is 0.143. The summed E-state index contributed by atoms with van der Waals surface area (Å²) in [6.07, 6.45) is 1.54. The number of nitrogens with one attached hydrogen (secondary N) is 1. The second-order valence-electron chi connectivity index (χ2n) is 4.39. The van der Waals surface area contributed by atoms with Gasteiger partial charge in [-0.1, -0.05) is 11.6 Å². The molecule has 0 atom stereocenters. The molecule has 0 bridgehead atoms. The molecule has 1 heterocycles. The largest absolute Gasteiger partial charge is 0.496 e. The molecule has 7 heteroatoms. The zero-order valence-electron chi connectivity index (χ0n) is 11.5. The van der Waals surface area contributed by atoms with Gasteiger partial charge in [0.25, 0.3) is 0 Å². The molecule has 4 N–H and O–H groups in total. The summed E-state index contributed by atoms with van der Waals surface area (Å²) in [6.45, 7) is 1.86. The number of halogens is 1. The Morgan fingerprint density at radius 1 is 1.43 bits per heavy atom. The number of ether oxygens (including phenoxy) is 1. The van der Waals surface area contributed by atoms with Crippen LogP contribution < -0.4 is 15.8 Å². The minimum atomic E-state index is -1.11. The first-order valence-electron chi connectivity index (χ1n) is 6.02. The van der Waals surface area contributed by atoms with Crippen LogP contribution in [0.4, 0.5) is 17.2 Å². The first-order chi connectivity index (χ1) is 9.92. The third-order valence-corrected chi connectivity index (χ3v) is 3.25. The highest BCUT2D eigenvalue weighted by atomic mass is 35.5. The number of benzene rings is 1. The Hall–Kier alpha value is -2.47. The number of carboxylic acids is 1. The van der Waals surface area contributed by atoms with E-state index < -0.39 is 5.97 Å². The Morgan fingerprint density at radius 2 is 2.14 bits per heavy atom. The monoisotopic (exact) mass is 307 g/mol. The predicted molar refractivity (Wildman–Crippen MR) is 81.6 cm³/mol. The molecule has 2 aromatic rings. The van der Waals surface area contributed by atoms with Crippen LogP contribution in [-0.2, 0) is 0 Å². The first kappa shape index (κ1) is 14.9. The van der Waals surface area contributed by atoms with Crippen LogP contribution in [0.5, 0.6) is 5.75 Å². The number of rotatable bonds is 4. The van der Waals surface area contributed by atoms with Gasteiger partial charge in [-0.2, -0.15) is 0 Å². The molecule has 0 saturated heterocycles. The minimum Gasteiger partial charge on any atom is -0.496 e. The Labute approximate surface area is 126 Å². The van der Waals surface area contributed by atoms with E-state index in [4.69, 9.17) is 27.2 Å². The van der Waals surface area contributed by atoms with Gasteiger partial charge in [-0.25, -0.2) is 9.78 Å². The predicted octanol–water partition coefficient (Wildman–Crippen LogP) is 3.08. The second-order valence-corrected chi connectivity index (χ2v) is 4.80. The number of carbonyl (C=O) groups is 1. The van der Waals surface area contributed by atoms with Crippen molar-refractivity contribution in [1.82, 2.24) is 4.98 Å². The van der Waals surface area contributed by atoms with Gasteiger partial charge in [-0.3, -0.25) is 0 Å². The van der Waals surface area contributed by atoms with Crippen molar-refractivity contribution < 1.29 is 14.6 Å². The van der Waals surface area contributed by atoms with E-state index in [2.05, 4.69) is 10.3 Å². The summed E-state index contributed by atoms with van der Waals surface area (Å²) in [5.41, 5.74) is 7.66. The minimum absolute atomic E-state index is 0.00510. The van der Waals surface area contributed by atoms with E-state index >= 15 is 0 Å². The first-order valence-corrected chi connectivity index (χ1v) is 6.40. The number of nitrogens with two attached hydrogens (primary N) is 1. The Kier molecular flexibility index (Phi) is 4.18. The Balaban J connectivity index is 2.40. The number of aromatic carboxylic acids is 1. The lowest BCUT2D eigenvalue weighted by atomic mass is 10.1. The van der Waals surface area contributed by atoms with Crippen molar-refractivity contribution in [2.75, 3.05) is 18.2 Å². The quantitative estimate of drug-likeness (QED) is 0.803. The standard InChI is InChI=1S/C14H14ClN3O3/c1-7-3-13(17-6-10(7)16)18-11-5-12(21-2)8(14(19)20)4-9(11)15/h3-6H,16H2,1-2H3,(H,17,18)(H,19,20). The normalized spacial score (nSPS) is 10.2. The van der Waals surface area contributed by atoms with Gasteiger partial charge in [0.15, 0.2) is 0 Å². The summed E-state index contributed by atoms with van der Waals surface area (Å²) < 4.78 is 5.06. The van der Waals surface area contributed by atoms with E-state index in [9.17, 15) is 4.79 Å². The Bertz CT molecular complexity index is 704. The van der Waals surface area contributed by atoms with Gasteiger partial charge in [-0.15, -0.1) is 0 Å². The van der Waals surface area contributed by atoms with Crippen LogP contribution >= 0.6 is 11.6 Å². The van der Waals surface area contributed by atoms with E-state index in [0.29, 0.717) is 17.2 Å². The van der Waals surface area contributed by atoms with E-state index in [0.717, 1.165) is 5.56 Å². The maximum Gasteiger partial charge on any atom is 0.339 e. The molecule has 0 aliphatic carbocycles. The average molecular weight is 308 g/mol. The number of anilines is 3. The zero-order chi connectivity index (χ0) is 15.6. The van der Waals surface area contributed by atoms with Gasteiger partial charge < -0.3 is 20.9 Å². The number of hydrogen-bond donors (Lipinski definition) is 3. The summed E-state index contributed by atoms with van der Waals surface area (Å²) in [7, 11) is 1.39. The summed E-state index contributed by atoms with van der Waals surface area (Å²) >= 11 is 6.09. The van der Waals surface area contributed by atoms with Crippen molar-refractivity contribution in [2.45, 2.75) is 6.92 Å². The van der Waals surface area contributed by atoms with Gasteiger partial charge in [0.2, 0.25) is 0 Å². The molecule has 1 aromatic heterocycles. The summed E-state index contributed by atoms with van der Waals surface area (Å²) in [6, 6.07) is 4.61. The topological polar surface area (TPSA) is 97.5 Å². The van der Waals surface area contributed by atoms with Gasteiger partial charge >= 0.3 is 5.97 Å². The number of aromatic nitrogens is 1. The highest BCUT2D eigenvalue weighted by Gasteiger charge is 2.15. The number of methoxy groups -OCH3 is 1. The number of nitrogens with zero attached hydrogens (tertiary/aromatic N) is 1. The van der Waals surface area contributed by atoms with Crippen molar-refractivity contribution in [3.05, 3.63) is 40.5 Å². The summed E-state index contributed by atoms with van der Waals surface area (Å²) in [5.74, 6) is -0.350. The summed E-state index contributed by atoms with van der Waals surface area (Å²) in [5, 5.41) is 12.3. The lowest BCUT2D eigenvalue weighted by Crippen LogP contribution is -2.03. The fourth-order valence-electron chi connectivity index (χ4n) is 1.76. The van der Waals surface area contributed by atoms with Crippen LogP contribution in [-0.4, -0.2) is 23.2 Å². The molecule has 110 valence electrons. The number of carboxylic acid groups (broad SMARTS) is 1. The molecule has 0 radical (unpaired) electrons. The lowest BCUT2D eigenvalue weighted by molar-refractivity contribution is 0.0693. The molecule has 2 rings (SSSR count). The average Bonchev–Trinajstić information content (AvgIpc) is 2.44. The van der Waals surface area contributed by atoms with Crippen LogP contribution in [0, 0.1) is 6.92 Å². The molecule has 0 amide bonds. The zero-order valence-corrected chi connectivity index (χ0v) is 12.2. The molecule has 0 spiro atoms. The van der Waals surface area contributed by atoms with Gasteiger partial charge in [-0.05, 0) is 24.6 Å². The number of aryl methyl sites for hydroxylation is 1. The van der Waals surface area contributed by atoms with Gasteiger partial charge in [0.1, 0.15) is 17.1 Å². The van der Waals surface area contributed by atoms with E-state index in [1.54, 1.807) is 6.07 Å². The van der Waals surface area contributed by atoms with Crippen LogP contribution in [0.1, 0.15) is 15.9 Å². The smallest absolute Gasteiger partial charge is 0.339 e. The van der Waals surface area contributed by atoms with E-state index in [1.165, 1.54) is 25.4 Å². The molecule has 0 aliphatic rings. The third kappa shape index (κ3) is 3.17. The highest BCUT2D eigenvalue weighted by molar-refractivity contribution is 6.33. The molecular weight excluding hydrogens is 294 g/mol. The highest BCUT2D eigenvalue weighted by Crippen LogP contribution is 2.32. The van der Waals surface area contributed by atoms with Crippen molar-refractivity contribution in [2.24, 2.45) is 0 Å². The number of hydrogen-bond acceptors (Lipinski definition) is 5. The summed E-state index contributed by atoms with van der Waals surface area (Å²) in [4.78, 5) is 15.2. The van der Waals surface area contributed by atoms with Crippen molar-refractivity contribution >= 4 is 34.8 Å². The second kappa shape index (κ2) is 5.88. The molecule has 0 fully saturated rings. The maximum absolute atomic E-state index is 11.1. The van der Waals surface area contributed by atoms with E-state index in [-0.39, 0.29) is 16.3 Å². The Morgan fingerprint density at radius 3 is 2.71 bits per heavy atom. The molecular formula is C14H14ClN3O3. The molecule has 0 saturated carbocycles. The van der Waals surface area contributed by atoms with Crippen LogP contribution in [0.2, 0.25) is 5.02 Å². The molecule has 21 heavy (non-hydrogen) atoms. The molecule has 0 aliphatic heterocycles. The number of nitrogen functional groups attached to an aromatic ring is 1. The number of pyridine rings is 1. The van der Waals surface area contributed by atoms with Crippen LogP contribution in [0.3, 0.4) is 0 Å². The van der Waals surface area contributed by atoms with Crippen LogP contribution in [0.15, 0.2) is 24.4 Å². The third-order valence-electron chi connectivity index (χ3n) is 2.93. The van der Waals surface area contributed by atoms with Crippen molar-refractivity contribution in [1.29, 1.82) is 0 Å². The molecule has 1 aromatic carbocycles. The van der Waals surface area contributed by atoms with Crippen LogP contribution in [0.25, 0.3) is 0 Å².